The molecule has 34 heavy (non-hydrogen) atoms. The number of hydrogen-bond acceptors (Lipinski definition) is 5. The van der Waals surface area contributed by atoms with Crippen LogP contribution in [0.25, 0.3) is 10.8 Å². The second kappa shape index (κ2) is 10.0. The Hall–Kier alpha value is -3.13. The zero-order valence-electron chi connectivity index (χ0n) is 19.7. The van der Waals surface area contributed by atoms with Crippen molar-refractivity contribution in [3.05, 3.63) is 62.8 Å². The number of fused-ring (bicyclic) bond motifs is 1. The lowest BCUT2D eigenvalue weighted by Gasteiger charge is -2.31. The van der Waals surface area contributed by atoms with Gasteiger partial charge in [-0.25, -0.2) is 4.68 Å². The number of likely N-dealkylation sites (tertiary alicyclic amines) is 1. The fourth-order valence-electron chi connectivity index (χ4n) is 4.68. The summed E-state index contributed by atoms with van der Waals surface area (Å²) in [7, 11) is 0. The summed E-state index contributed by atoms with van der Waals surface area (Å²) in [6, 6.07) is 7.62. The van der Waals surface area contributed by atoms with E-state index >= 15 is 0 Å². The van der Waals surface area contributed by atoms with E-state index in [1.807, 2.05) is 38.1 Å². The lowest BCUT2D eigenvalue weighted by molar-refractivity contribution is -0.151. The minimum absolute atomic E-state index is 0.168. The van der Waals surface area contributed by atoms with Gasteiger partial charge in [-0.2, -0.15) is 5.10 Å². The van der Waals surface area contributed by atoms with Crippen molar-refractivity contribution in [3.8, 4) is 0 Å². The van der Waals surface area contributed by atoms with Crippen LogP contribution in [0.5, 0.6) is 0 Å². The fourth-order valence-corrected chi connectivity index (χ4v) is 4.87. The fraction of sp³-hybridized carbons (Fsp3) is 0.440. The predicted molar refractivity (Wildman–Crippen MR) is 130 cm³/mol. The van der Waals surface area contributed by atoms with Crippen LogP contribution in [0.4, 0.5) is 0 Å². The normalized spacial score (nSPS) is 16.1. The minimum Gasteiger partial charge on any atom is -0.466 e. The first kappa shape index (κ1) is 24.0. The number of esters is 1. The van der Waals surface area contributed by atoms with Crippen LogP contribution in [0.3, 0.4) is 0 Å². The molecule has 1 fully saturated rings. The van der Waals surface area contributed by atoms with Gasteiger partial charge in [-0.1, -0.05) is 29.8 Å². The van der Waals surface area contributed by atoms with Gasteiger partial charge in [-0.05, 0) is 45.2 Å². The first-order valence-corrected chi connectivity index (χ1v) is 11.9. The van der Waals surface area contributed by atoms with Gasteiger partial charge < -0.3 is 14.2 Å². The highest BCUT2D eigenvalue weighted by atomic mass is 35.5. The van der Waals surface area contributed by atoms with Crippen molar-refractivity contribution >= 4 is 34.2 Å². The Bertz CT molecular complexity index is 1300. The van der Waals surface area contributed by atoms with Crippen LogP contribution in [0, 0.1) is 19.8 Å². The second-order valence-electron chi connectivity index (χ2n) is 8.68. The van der Waals surface area contributed by atoms with E-state index in [4.69, 9.17) is 16.3 Å². The third-order valence-electron chi connectivity index (χ3n) is 6.57. The summed E-state index contributed by atoms with van der Waals surface area (Å²) in [6.07, 6.45) is 3.07. The number of ether oxygens (including phenoxy) is 1. The van der Waals surface area contributed by atoms with Gasteiger partial charge in [0.05, 0.1) is 24.1 Å². The molecule has 9 heteroatoms. The molecule has 0 radical (unpaired) electrons. The largest absolute Gasteiger partial charge is 0.466 e. The maximum Gasteiger partial charge on any atom is 0.310 e. The molecule has 1 saturated heterocycles. The van der Waals surface area contributed by atoms with Crippen molar-refractivity contribution < 1.29 is 14.3 Å². The molecule has 180 valence electrons. The molecule has 0 saturated carbocycles. The molecule has 0 N–H and O–H groups in total. The molecule has 1 aliphatic heterocycles. The average Bonchev–Trinajstić information content (AvgIpc) is 3.07. The van der Waals surface area contributed by atoms with E-state index in [9.17, 15) is 14.4 Å². The third kappa shape index (κ3) is 4.59. The van der Waals surface area contributed by atoms with Gasteiger partial charge in [0.25, 0.3) is 5.56 Å². The summed E-state index contributed by atoms with van der Waals surface area (Å²) < 4.78 is 8.38. The van der Waals surface area contributed by atoms with E-state index in [1.54, 1.807) is 18.0 Å². The summed E-state index contributed by atoms with van der Waals surface area (Å²) in [6.45, 7) is 7.16. The molecule has 1 amide bonds. The minimum atomic E-state index is -0.325. The SMILES string of the molecule is CCOC(=O)C1CCCN(C(=O)Cn2ncc3c(C)n(Cc4ccccc4Cl)c(C)c3c2=O)C1. The van der Waals surface area contributed by atoms with Gasteiger partial charge in [0.15, 0.2) is 0 Å². The Kier molecular flexibility index (Phi) is 7.07. The van der Waals surface area contributed by atoms with E-state index in [-0.39, 0.29) is 29.9 Å². The lowest BCUT2D eigenvalue weighted by atomic mass is 9.98. The number of nitrogens with zero attached hydrogens (tertiary/aromatic N) is 4. The van der Waals surface area contributed by atoms with E-state index in [2.05, 4.69) is 9.67 Å². The Labute approximate surface area is 203 Å². The maximum atomic E-state index is 13.3. The third-order valence-corrected chi connectivity index (χ3v) is 6.94. The zero-order valence-corrected chi connectivity index (χ0v) is 20.5. The molecule has 2 aromatic heterocycles. The quantitative estimate of drug-likeness (QED) is 0.501. The van der Waals surface area contributed by atoms with Gasteiger partial charge in [-0.15, -0.1) is 0 Å². The zero-order chi connectivity index (χ0) is 24.4. The van der Waals surface area contributed by atoms with Gasteiger partial charge in [0, 0.05) is 41.4 Å². The first-order valence-electron chi connectivity index (χ1n) is 11.5. The van der Waals surface area contributed by atoms with Crippen molar-refractivity contribution in [1.29, 1.82) is 0 Å². The summed E-state index contributed by atoms with van der Waals surface area (Å²) in [5.74, 6) is -0.830. The van der Waals surface area contributed by atoms with Crippen molar-refractivity contribution in [3.63, 3.8) is 0 Å². The molecule has 4 rings (SSSR count). The monoisotopic (exact) mass is 484 g/mol. The molecule has 0 bridgehead atoms. The molecular weight excluding hydrogens is 456 g/mol. The van der Waals surface area contributed by atoms with E-state index in [0.717, 1.165) is 28.8 Å². The number of rotatable bonds is 6. The molecule has 3 heterocycles. The second-order valence-corrected chi connectivity index (χ2v) is 9.08. The highest BCUT2D eigenvalue weighted by Crippen LogP contribution is 2.25. The Balaban J connectivity index is 1.58. The number of halogens is 1. The summed E-state index contributed by atoms with van der Waals surface area (Å²) in [5.41, 5.74) is 2.38. The predicted octanol–water partition coefficient (Wildman–Crippen LogP) is 3.32. The Morgan fingerprint density at radius 3 is 2.71 bits per heavy atom. The molecule has 8 nitrogen and oxygen atoms in total. The van der Waals surface area contributed by atoms with Crippen LogP contribution in [0.2, 0.25) is 5.02 Å². The first-order chi connectivity index (χ1) is 16.3. The van der Waals surface area contributed by atoms with Crippen LogP contribution in [0.1, 0.15) is 36.7 Å². The average molecular weight is 485 g/mol. The summed E-state index contributed by atoms with van der Waals surface area (Å²) in [5, 5.41) is 6.27. The Morgan fingerprint density at radius 1 is 1.21 bits per heavy atom. The smallest absolute Gasteiger partial charge is 0.310 e. The van der Waals surface area contributed by atoms with Gasteiger partial charge in [0.1, 0.15) is 6.54 Å². The van der Waals surface area contributed by atoms with Crippen molar-refractivity contribution in [2.75, 3.05) is 19.7 Å². The number of carbonyl (C=O) groups excluding carboxylic acids is 2. The highest BCUT2D eigenvalue weighted by molar-refractivity contribution is 6.31. The molecule has 1 atom stereocenters. The van der Waals surface area contributed by atoms with E-state index in [1.165, 1.54) is 4.68 Å². The van der Waals surface area contributed by atoms with Gasteiger partial charge in [0.2, 0.25) is 5.91 Å². The van der Waals surface area contributed by atoms with Gasteiger partial charge in [-0.3, -0.25) is 14.4 Å². The molecule has 1 aliphatic rings. The maximum absolute atomic E-state index is 13.3. The van der Waals surface area contributed by atoms with Crippen molar-refractivity contribution in [2.45, 2.75) is 46.7 Å². The molecule has 1 unspecified atom stereocenters. The van der Waals surface area contributed by atoms with Crippen LogP contribution in [-0.4, -0.2) is 50.8 Å². The standard InChI is InChI=1S/C25H29ClN4O4/c1-4-34-25(33)19-9-7-11-28(13-19)22(31)15-30-24(32)23-17(3)29(16(2)20(23)12-27-30)14-18-8-5-6-10-21(18)26/h5-6,8,10,12,19H,4,7,9,11,13-15H2,1-3H3. The van der Waals surface area contributed by atoms with Crippen LogP contribution in [0.15, 0.2) is 35.3 Å². The van der Waals surface area contributed by atoms with Crippen LogP contribution >= 0.6 is 11.6 Å². The van der Waals surface area contributed by atoms with Gasteiger partial charge >= 0.3 is 5.97 Å². The molecule has 3 aromatic rings. The molecule has 0 spiro atoms. The highest BCUT2D eigenvalue weighted by Gasteiger charge is 2.30. The number of hydrogen-bond donors (Lipinski definition) is 0. The lowest BCUT2D eigenvalue weighted by Crippen LogP contribution is -2.45. The number of piperidine rings is 1. The van der Waals surface area contributed by atoms with Crippen LogP contribution in [-0.2, 0) is 27.4 Å². The molecule has 1 aromatic carbocycles. The van der Waals surface area contributed by atoms with Crippen LogP contribution < -0.4 is 5.56 Å². The Morgan fingerprint density at radius 2 is 1.97 bits per heavy atom. The van der Waals surface area contributed by atoms with E-state index < -0.39 is 0 Å². The number of carbonyl (C=O) groups is 2. The summed E-state index contributed by atoms with van der Waals surface area (Å²) >= 11 is 6.35. The molecule has 0 aliphatic carbocycles. The number of aryl methyl sites for hydroxylation is 2. The van der Waals surface area contributed by atoms with E-state index in [0.29, 0.717) is 43.1 Å². The number of amides is 1. The summed E-state index contributed by atoms with van der Waals surface area (Å²) in [4.78, 5) is 40.0. The number of benzene rings is 1. The van der Waals surface area contributed by atoms with Crippen molar-refractivity contribution in [2.24, 2.45) is 5.92 Å². The van der Waals surface area contributed by atoms with Crippen molar-refractivity contribution in [1.82, 2.24) is 19.2 Å². The molecular formula is C25H29ClN4O4. The number of aromatic nitrogens is 3. The topological polar surface area (TPSA) is 86.4 Å².